The molecular weight excluding hydrogens is 314 g/mol. The third kappa shape index (κ3) is 5.83. The van der Waals surface area contributed by atoms with Gasteiger partial charge in [-0.15, -0.1) is 0 Å². The third-order valence-corrected chi connectivity index (χ3v) is 5.75. The number of hydrogen-bond acceptors (Lipinski definition) is 4. The Bertz CT molecular complexity index is 413. The van der Waals surface area contributed by atoms with Crippen molar-refractivity contribution in [2.24, 2.45) is 10.9 Å². The molecule has 3 unspecified atom stereocenters. The first-order chi connectivity index (χ1) is 12.1. The second-order valence-electron chi connectivity index (χ2n) is 7.53. The van der Waals surface area contributed by atoms with Crippen LogP contribution in [0.5, 0.6) is 0 Å². The second-order valence-corrected chi connectivity index (χ2v) is 7.53. The average molecular weight is 354 g/mol. The van der Waals surface area contributed by atoms with Gasteiger partial charge < -0.3 is 19.9 Å². The number of nitrogens with one attached hydrogen (secondary N) is 1. The molecule has 0 bridgehead atoms. The van der Waals surface area contributed by atoms with Crippen molar-refractivity contribution in [3.63, 3.8) is 0 Å². The Labute approximate surface area is 154 Å². The van der Waals surface area contributed by atoms with E-state index in [1.165, 1.54) is 13.0 Å². The summed E-state index contributed by atoms with van der Waals surface area (Å²) in [4.78, 5) is 12.0. The van der Waals surface area contributed by atoms with Crippen LogP contribution in [0.1, 0.15) is 34.1 Å². The molecule has 2 fully saturated rings. The number of guanidine groups is 1. The molecule has 0 aromatic heterocycles. The van der Waals surface area contributed by atoms with E-state index < -0.39 is 0 Å². The monoisotopic (exact) mass is 353 g/mol. The molecular formula is C19H39N5O. The first-order valence-corrected chi connectivity index (χ1v) is 10.1. The molecule has 0 aromatic carbocycles. The number of likely N-dealkylation sites (tertiary alicyclic amines) is 1. The minimum Gasteiger partial charge on any atom is -0.379 e. The lowest BCUT2D eigenvalue weighted by Crippen LogP contribution is -2.53. The predicted molar refractivity (Wildman–Crippen MR) is 105 cm³/mol. The first-order valence-electron chi connectivity index (χ1n) is 10.1. The van der Waals surface area contributed by atoms with Crippen molar-refractivity contribution in [1.82, 2.24) is 20.0 Å². The largest absolute Gasteiger partial charge is 0.379 e. The zero-order valence-electron chi connectivity index (χ0n) is 17.0. The van der Waals surface area contributed by atoms with Crippen LogP contribution in [0.25, 0.3) is 0 Å². The molecule has 0 aromatic rings. The fourth-order valence-corrected chi connectivity index (χ4v) is 4.10. The molecule has 2 heterocycles. The molecule has 0 aliphatic carbocycles. The summed E-state index contributed by atoms with van der Waals surface area (Å²) < 4.78 is 5.55. The van der Waals surface area contributed by atoms with Gasteiger partial charge in [0.2, 0.25) is 0 Å². The Balaban J connectivity index is 1.78. The summed E-state index contributed by atoms with van der Waals surface area (Å²) >= 11 is 0. The molecule has 6 nitrogen and oxygen atoms in total. The third-order valence-electron chi connectivity index (χ3n) is 5.75. The molecule has 2 saturated heterocycles. The van der Waals surface area contributed by atoms with Gasteiger partial charge in [-0.1, -0.05) is 13.8 Å². The van der Waals surface area contributed by atoms with E-state index in [2.05, 4.69) is 52.7 Å². The number of rotatable bonds is 7. The summed E-state index contributed by atoms with van der Waals surface area (Å²) in [6.45, 7) is 18.5. The van der Waals surface area contributed by atoms with E-state index in [9.17, 15) is 0 Å². The van der Waals surface area contributed by atoms with Crippen LogP contribution in [-0.4, -0.2) is 98.8 Å². The maximum atomic E-state index is 5.55. The van der Waals surface area contributed by atoms with Gasteiger partial charge in [0, 0.05) is 51.9 Å². The lowest BCUT2D eigenvalue weighted by molar-refractivity contribution is -0.0175. The smallest absolute Gasteiger partial charge is 0.193 e. The van der Waals surface area contributed by atoms with Crippen LogP contribution in [0.15, 0.2) is 4.99 Å². The van der Waals surface area contributed by atoms with E-state index in [1.807, 2.05) is 7.05 Å². The molecule has 25 heavy (non-hydrogen) atoms. The van der Waals surface area contributed by atoms with Gasteiger partial charge in [0.1, 0.15) is 0 Å². The van der Waals surface area contributed by atoms with Gasteiger partial charge in [-0.3, -0.25) is 9.89 Å². The quantitative estimate of drug-likeness (QED) is 0.553. The molecule has 2 aliphatic rings. The number of hydrogen-bond donors (Lipinski definition) is 1. The van der Waals surface area contributed by atoms with E-state index in [4.69, 9.17) is 4.74 Å². The van der Waals surface area contributed by atoms with Gasteiger partial charge in [0.05, 0.1) is 13.2 Å². The highest BCUT2D eigenvalue weighted by Crippen LogP contribution is 2.18. The number of ether oxygens (including phenoxy) is 1. The molecule has 2 rings (SSSR count). The van der Waals surface area contributed by atoms with Gasteiger partial charge in [-0.05, 0) is 39.3 Å². The van der Waals surface area contributed by atoms with E-state index in [0.29, 0.717) is 12.1 Å². The highest BCUT2D eigenvalue weighted by atomic mass is 16.5. The van der Waals surface area contributed by atoms with Crippen molar-refractivity contribution in [3.05, 3.63) is 0 Å². The maximum absolute atomic E-state index is 5.55. The van der Waals surface area contributed by atoms with Crippen LogP contribution in [0.3, 0.4) is 0 Å². The molecule has 3 atom stereocenters. The Morgan fingerprint density at radius 1 is 1.32 bits per heavy atom. The number of morpholine rings is 1. The van der Waals surface area contributed by atoms with Crippen LogP contribution in [0, 0.1) is 5.92 Å². The van der Waals surface area contributed by atoms with Crippen molar-refractivity contribution in [2.75, 3.05) is 66.1 Å². The summed E-state index contributed by atoms with van der Waals surface area (Å²) in [5.41, 5.74) is 0. The minimum absolute atomic E-state index is 0.490. The van der Waals surface area contributed by atoms with Gasteiger partial charge in [-0.2, -0.15) is 0 Å². The normalized spacial score (nSPS) is 27.1. The van der Waals surface area contributed by atoms with Crippen molar-refractivity contribution >= 4 is 5.96 Å². The van der Waals surface area contributed by atoms with Crippen molar-refractivity contribution in [3.8, 4) is 0 Å². The van der Waals surface area contributed by atoms with E-state index in [1.54, 1.807) is 0 Å². The zero-order valence-corrected chi connectivity index (χ0v) is 17.0. The van der Waals surface area contributed by atoms with Crippen LogP contribution < -0.4 is 5.32 Å². The van der Waals surface area contributed by atoms with E-state index in [-0.39, 0.29) is 0 Å². The summed E-state index contributed by atoms with van der Waals surface area (Å²) in [6, 6.07) is 0.988. The van der Waals surface area contributed by atoms with Crippen LogP contribution in [0.2, 0.25) is 0 Å². The summed E-state index contributed by atoms with van der Waals surface area (Å²) in [6.07, 6.45) is 1.27. The van der Waals surface area contributed by atoms with Gasteiger partial charge in [0.15, 0.2) is 5.96 Å². The highest BCUT2D eigenvalue weighted by Gasteiger charge is 2.27. The molecule has 0 amide bonds. The lowest BCUT2D eigenvalue weighted by Gasteiger charge is -2.38. The topological polar surface area (TPSA) is 43.3 Å². The highest BCUT2D eigenvalue weighted by molar-refractivity contribution is 5.80. The molecule has 1 N–H and O–H groups in total. The summed E-state index contributed by atoms with van der Waals surface area (Å²) in [7, 11) is 1.90. The molecule has 6 heteroatoms. The van der Waals surface area contributed by atoms with Gasteiger partial charge in [-0.25, -0.2) is 0 Å². The van der Waals surface area contributed by atoms with E-state index >= 15 is 0 Å². The molecule has 0 spiro atoms. The lowest BCUT2D eigenvalue weighted by atomic mass is 10.1. The van der Waals surface area contributed by atoms with E-state index in [0.717, 1.165) is 64.4 Å². The Hall–Kier alpha value is -0.850. The van der Waals surface area contributed by atoms with Crippen molar-refractivity contribution in [1.29, 1.82) is 0 Å². The molecule has 146 valence electrons. The van der Waals surface area contributed by atoms with Crippen molar-refractivity contribution in [2.45, 2.75) is 46.2 Å². The Morgan fingerprint density at radius 2 is 2.08 bits per heavy atom. The molecule has 0 radical (unpaired) electrons. The fourth-order valence-electron chi connectivity index (χ4n) is 4.10. The zero-order chi connectivity index (χ0) is 18.2. The van der Waals surface area contributed by atoms with Gasteiger partial charge in [0.25, 0.3) is 0 Å². The van der Waals surface area contributed by atoms with Crippen molar-refractivity contribution < 1.29 is 4.74 Å². The van der Waals surface area contributed by atoms with Gasteiger partial charge >= 0.3 is 0 Å². The van der Waals surface area contributed by atoms with Crippen LogP contribution in [-0.2, 0) is 4.74 Å². The molecule has 2 aliphatic heterocycles. The Morgan fingerprint density at radius 3 is 2.72 bits per heavy atom. The van der Waals surface area contributed by atoms with Crippen LogP contribution >= 0.6 is 0 Å². The number of nitrogens with zero attached hydrogens (tertiary/aromatic N) is 4. The average Bonchev–Trinajstić information content (AvgIpc) is 3.08. The maximum Gasteiger partial charge on any atom is 0.193 e. The number of aliphatic imine (C=N–C) groups is 1. The molecule has 0 saturated carbocycles. The first kappa shape index (κ1) is 20.5. The Kier molecular flexibility index (Phi) is 8.46. The summed E-state index contributed by atoms with van der Waals surface area (Å²) in [5, 5.41) is 3.61. The fraction of sp³-hybridized carbons (Fsp3) is 0.947. The van der Waals surface area contributed by atoms with Crippen LogP contribution in [0.4, 0.5) is 0 Å². The SMILES string of the molecule is CCN(CC)CC1CCN(C(=NC)NCC(C)N2CCOCC2C)C1. The minimum atomic E-state index is 0.490. The standard InChI is InChI=1S/C19H39N5O/c1-6-22(7-2)13-18-8-9-23(14-18)19(20-5)21-12-16(3)24-10-11-25-15-17(24)4/h16-18H,6-15H2,1-5H3,(H,20,21). The summed E-state index contributed by atoms with van der Waals surface area (Å²) in [5.74, 6) is 1.82. The second kappa shape index (κ2) is 10.3. The predicted octanol–water partition coefficient (Wildman–Crippen LogP) is 1.33.